The van der Waals surface area contributed by atoms with Gasteiger partial charge >= 0.3 is 0 Å². The summed E-state index contributed by atoms with van der Waals surface area (Å²) in [5, 5.41) is 0.551. The molecule has 16 heavy (non-hydrogen) atoms. The molecule has 0 aliphatic carbocycles. The van der Waals surface area contributed by atoms with E-state index < -0.39 is 0 Å². The van der Waals surface area contributed by atoms with Crippen LogP contribution >= 0.6 is 11.6 Å². The highest BCUT2D eigenvalue weighted by Crippen LogP contribution is 2.17. The summed E-state index contributed by atoms with van der Waals surface area (Å²) in [6, 6.07) is 3.83. The predicted octanol–water partition coefficient (Wildman–Crippen LogP) is 3.09. The Morgan fingerprint density at radius 3 is 3.06 bits per heavy atom. The quantitative estimate of drug-likeness (QED) is 0.734. The Hall–Kier alpha value is -0.860. The average molecular weight is 237 g/mol. The zero-order valence-corrected chi connectivity index (χ0v) is 10.3. The van der Waals surface area contributed by atoms with Gasteiger partial charge in [0.05, 0.1) is 0 Å². The van der Waals surface area contributed by atoms with E-state index in [1.165, 1.54) is 19.4 Å². The molecule has 2 heterocycles. The largest absolute Gasteiger partial charge is 0.306 e. The van der Waals surface area contributed by atoms with Crippen molar-refractivity contribution in [3.63, 3.8) is 0 Å². The first-order valence-corrected chi connectivity index (χ1v) is 6.10. The van der Waals surface area contributed by atoms with Gasteiger partial charge in [-0.05, 0) is 44.0 Å². The van der Waals surface area contributed by atoms with Crippen molar-refractivity contribution in [1.82, 2.24) is 9.88 Å². The van der Waals surface area contributed by atoms with Crippen molar-refractivity contribution >= 4 is 17.7 Å². The van der Waals surface area contributed by atoms with E-state index in [2.05, 4.69) is 29.1 Å². The van der Waals surface area contributed by atoms with Gasteiger partial charge in [-0.15, -0.1) is 0 Å². The number of halogens is 1. The van der Waals surface area contributed by atoms with Gasteiger partial charge in [0.25, 0.3) is 0 Å². The molecule has 1 aliphatic heterocycles. The van der Waals surface area contributed by atoms with Crippen LogP contribution in [0.5, 0.6) is 0 Å². The van der Waals surface area contributed by atoms with E-state index in [-0.39, 0.29) is 0 Å². The van der Waals surface area contributed by atoms with E-state index >= 15 is 0 Å². The minimum atomic E-state index is 0.551. The van der Waals surface area contributed by atoms with Crippen LogP contribution in [0.3, 0.4) is 0 Å². The number of hydrogen-bond donors (Lipinski definition) is 0. The predicted molar refractivity (Wildman–Crippen MR) is 68.5 cm³/mol. The molecule has 1 saturated heterocycles. The molecule has 2 rings (SSSR count). The summed E-state index contributed by atoms with van der Waals surface area (Å²) < 4.78 is 0. The van der Waals surface area contributed by atoms with E-state index in [0.717, 1.165) is 12.1 Å². The number of nitrogens with zero attached hydrogens (tertiary/aromatic N) is 2. The molecule has 1 atom stereocenters. The second-order valence-electron chi connectivity index (χ2n) is 4.44. The van der Waals surface area contributed by atoms with E-state index in [1.807, 2.05) is 18.3 Å². The van der Waals surface area contributed by atoms with E-state index in [0.29, 0.717) is 11.1 Å². The number of rotatable bonds is 2. The molecule has 1 aliphatic rings. The van der Waals surface area contributed by atoms with E-state index in [1.54, 1.807) is 0 Å². The van der Waals surface area contributed by atoms with Crippen molar-refractivity contribution in [3.8, 4) is 0 Å². The number of likely N-dealkylation sites (tertiary alicyclic amines) is 1. The second kappa shape index (κ2) is 5.46. The molecule has 1 fully saturated rings. The maximum Gasteiger partial charge on any atom is 0.129 e. The van der Waals surface area contributed by atoms with Gasteiger partial charge in [-0.2, -0.15) is 0 Å². The van der Waals surface area contributed by atoms with Crippen LogP contribution in [0, 0.1) is 5.92 Å². The molecular weight excluding hydrogens is 220 g/mol. The van der Waals surface area contributed by atoms with Crippen LogP contribution in [-0.2, 0) is 0 Å². The van der Waals surface area contributed by atoms with Crippen molar-refractivity contribution < 1.29 is 0 Å². The van der Waals surface area contributed by atoms with Gasteiger partial charge in [0.1, 0.15) is 5.15 Å². The van der Waals surface area contributed by atoms with Crippen molar-refractivity contribution in [2.45, 2.75) is 12.8 Å². The first kappa shape index (κ1) is 11.6. The summed E-state index contributed by atoms with van der Waals surface area (Å²) in [7, 11) is 2.18. The van der Waals surface area contributed by atoms with Gasteiger partial charge in [0.15, 0.2) is 0 Å². The topological polar surface area (TPSA) is 16.1 Å². The van der Waals surface area contributed by atoms with Crippen LogP contribution in [0.15, 0.2) is 24.4 Å². The Morgan fingerprint density at radius 2 is 2.38 bits per heavy atom. The minimum Gasteiger partial charge on any atom is -0.306 e. The normalized spacial score (nSPS) is 22.8. The summed E-state index contributed by atoms with van der Waals surface area (Å²) in [6.07, 6.45) is 8.84. The third kappa shape index (κ3) is 3.32. The molecule has 0 amide bonds. The molecule has 0 N–H and O–H groups in total. The Bertz CT molecular complexity index is 359. The molecule has 1 aromatic heterocycles. The molecule has 0 bridgehead atoms. The monoisotopic (exact) mass is 236 g/mol. The lowest BCUT2D eigenvalue weighted by molar-refractivity contribution is 0.238. The number of aromatic nitrogens is 1. The molecular formula is C13H17ClN2. The smallest absolute Gasteiger partial charge is 0.129 e. The summed E-state index contributed by atoms with van der Waals surface area (Å²) in [4.78, 5) is 6.45. The highest BCUT2D eigenvalue weighted by atomic mass is 35.5. The third-order valence-electron chi connectivity index (χ3n) is 2.97. The van der Waals surface area contributed by atoms with Crippen LogP contribution in [0.4, 0.5) is 0 Å². The van der Waals surface area contributed by atoms with Gasteiger partial charge in [0, 0.05) is 12.7 Å². The molecule has 0 aromatic carbocycles. The molecule has 0 spiro atoms. The number of piperidine rings is 1. The molecule has 1 unspecified atom stereocenters. The molecule has 3 heteroatoms. The summed E-state index contributed by atoms with van der Waals surface area (Å²) in [5.41, 5.74) is 1.12. The van der Waals surface area contributed by atoms with Crippen molar-refractivity contribution in [2.75, 3.05) is 20.1 Å². The maximum absolute atomic E-state index is 5.74. The summed E-state index contributed by atoms with van der Waals surface area (Å²) in [5.74, 6) is 0.675. The summed E-state index contributed by atoms with van der Waals surface area (Å²) in [6.45, 7) is 2.39. The summed E-state index contributed by atoms with van der Waals surface area (Å²) >= 11 is 5.74. The van der Waals surface area contributed by atoms with Crippen LogP contribution in [-0.4, -0.2) is 30.0 Å². The van der Waals surface area contributed by atoms with Gasteiger partial charge in [0.2, 0.25) is 0 Å². The maximum atomic E-state index is 5.74. The lowest BCUT2D eigenvalue weighted by Crippen LogP contribution is -2.30. The van der Waals surface area contributed by atoms with Crippen LogP contribution in [0.1, 0.15) is 18.4 Å². The average Bonchev–Trinajstić information content (AvgIpc) is 2.28. The van der Waals surface area contributed by atoms with Crippen LogP contribution in [0.25, 0.3) is 6.08 Å². The fourth-order valence-electron chi connectivity index (χ4n) is 2.10. The van der Waals surface area contributed by atoms with E-state index in [9.17, 15) is 0 Å². The Morgan fingerprint density at radius 1 is 1.50 bits per heavy atom. The van der Waals surface area contributed by atoms with Gasteiger partial charge in [-0.25, -0.2) is 4.98 Å². The Balaban J connectivity index is 1.95. The zero-order valence-electron chi connectivity index (χ0n) is 9.56. The fraction of sp³-hybridized carbons (Fsp3) is 0.462. The minimum absolute atomic E-state index is 0.551. The van der Waals surface area contributed by atoms with Crippen LogP contribution < -0.4 is 0 Å². The van der Waals surface area contributed by atoms with Crippen molar-refractivity contribution in [1.29, 1.82) is 0 Å². The lowest BCUT2D eigenvalue weighted by Gasteiger charge is -2.27. The highest BCUT2D eigenvalue weighted by Gasteiger charge is 2.13. The number of pyridine rings is 1. The van der Waals surface area contributed by atoms with Crippen molar-refractivity contribution in [3.05, 3.63) is 35.1 Å². The van der Waals surface area contributed by atoms with Gasteiger partial charge < -0.3 is 4.90 Å². The Labute approximate surface area is 102 Å². The first-order valence-electron chi connectivity index (χ1n) is 5.72. The zero-order chi connectivity index (χ0) is 11.4. The Kier molecular flexibility index (Phi) is 3.97. The molecule has 0 radical (unpaired) electrons. The molecule has 86 valence electrons. The lowest BCUT2D eigenvalue weighted by atomic mass is 9.97. The van der Waals surface area contributed by atoms with E-state index in [4.69, 9.17) is 11.6 Å². The second-order valence-corrected chi connectivity index (χ2v) is 4.83. The fourth-order valence-corrected chi connectivity index (χ4v) is 2.21. The number of hydrogen-bond acceptors (Lipinski definition) is 2. The SMILES string of the molecule is CN1CCCC(C=Cc2ccc(Cl)nc2)C1. The molecule has 0 saturated carbocycles. The molecule has 2 nitrogen and oxygen atoms in total. The van der Waals surface area contributed by atoms with Crippen LogP contribution in [0.2, 0.25) is 5.15 Å². The molecule has 1 aromatic rings. The third-order valence-corrected chi connectivity index (χ3v) is 3.20. The van der Waals surface area contributed by atoms with Gasteiger partial charge in [-0.3, -0.25) is 0 Å². The standard InChI is InChI=1S/C13H17ClN2/c1-16-8-2-3-12(10-16)5-4-11-6-7-13(14)15-9-11/h4-7,9,12H,2-3,8,10H2,1H3. The van der Waals surface area contributed by atoms with Gasteiger partial charge in [-0.1, -0.05) is 29.8 Å². The highest BCUT2D eigenvalue weighted by molar-refractivity contribution is 6.29. The first-order chi connectivity index (χ1) is 7.74. The van der Waals surface area contributed by atoms with Crippen molar-refractivity contribution in [2.24, 2.45) is 5.92 Å².